The predicted octanol–water partition coefficient (Wildman–Crippen LogP) is 1.93. The molecule has 84 valence electrons. The van der Waals surface area contributed by atoms with Gasteiger partial charge in [-0.15, -0.1) is 0 Å². The maximum absolute atomic E-state index is 5.58. The Labute approximate surface area is 94.6 Å². The molecule has 1 aromatic heterocycles. The van der Waals surface area contributed by atoms with Crippen LogP contribution in [0.15, 0.2) is 0 Å². The van der Waals surface area contributed by atoms with Crippen LogP contribution in [0.1, 0.15) is 25.6 Å². The second-order valence-corrected chi connectivity index (χ2v) is 4.36. The molecule has 1 aromatic rings. The molecule has 4 nitrogen and oxygen atoms in total. The Bertz CT molecular complexity index is 367. The van der Waals surface area contributed by atoms with Crippen molar-refractivity contribution in [1.29, 1.82) is 0 Å². The maximum Gasteiger partial charge on any atom is 0.195 e. The van der Waals surface area contributed by atoms with Gasteiger partial charge in [-0.1, -0.05) is 6.92 Å². The minimum absolute atomic E-state index is 0.696. The van der Waals surface area contributed by atoms with Crippen LogP contribution in [-0.2, 0) is 17.7 Å². The highest BCUT2D eigenvalue weighted by Gasteiger charge is 2.20. The van der Waals surface area contributed by atoms with Crippen molar-refractivity contribution in [2.24, 2.45) is 5.92 Å². The third-order valence-electron chi connectivity index (χ3n) is 2.66. The number of hydrogen-bond donors (Lipinski definition) is 1. The molecule has 1 N–H and O–H groups in total. The lowest BCUT2D eigenvalue weighted by molar-refractivity contribution is 0.116. The Morgan fingerprint density at radius 1 is 1.60 bits per heavy atom. The number of aromatic amines is 1. The standard InChI is InChI=1S/C10H17N3OS/c1-2-9-11-12-10(15)13(9)5-6-14-7-8-3-4-8/h8H,2-7H2,1H3,(H,12,15). The van der Waals surface area contributed by atoms with Gasteiger partial charge in [0.25, 0.3) is 0 Å². The Balaban J connectivity index is 1.80. The summed E-state index contributed by atoms with van der Waals surface area (Å²) in [6.07, 6.45) is 3.58. The molecule has 2 rings (SSSR count). The lowest BCUT2D eigenvalue weighted by Gasteiger charge is -2.05. The number of aryl methyl sites for hydroxylation is 1. The largest absolute Gasteiger partial charge is 0.379 e. The first-order valence-electron chi connectivity index (χ1n) is 5.53. The number of H-pyrrole nitrogens is 1. The van der Waals surface area contributed by atoms with Crippen molar-refractivity contribution in [3.63, 3.8) is 0 Å². The first-order chi connectivity index (χ1) is 7.31. The van der Waals surface area contributed by atoms with Gasteiger partial charge >= 0.3 is 0 Å². The molecule has 0 aliphatic heterocycles. The van der Waals surface area contributed by atoms with Crippen LogP contribution >= 0.6 is 12.2 Å². The minimum Gasteiger partial charge on any atom is -0.379 e. The van der Waals surface area contributed by atoms with Gasteiger partial charge in [0.15, 0.2) is 4.77 Å². The Morgan fingerprint density at radius 2 is 2.40 bits per heavy atom. The van der Waals surface area contributed by atoms with E-state index in [2.05, 4.69) is 17.1 Å². The monoisotopic (exact) mass is 227 g/mol. The van der Waals surface area contributed by atoms with Crippen LogP contribution in [0.5, 0.6) is 0 Å². The van der Waals surface area contributed by atoms with Crippen molar-refractivity contribution in [3.8, 4) is 0 Å². The number of ether oxygens (including phenoxy) is 1. The van der Waals surface area contributed by atoms with Gasteiger partial charge in [0.05, 0.1) is 6.61 Å². The molecule has 0 spiro atoms. The van der Waals surface area contributed by atoms with E-state index in [1.54, 1.807) is 0 Å². The lowest BCUT2D eigenvalue weighted by Crippen LogP contribution is -2.10. The van der Waals surface area contributed by atoms with Crippen LogP contribution in [0.25, 0.3) is 0 Å². The van der Waals surface area contributed by atoms with E-state index in [9.17, 15) is 0 Å². The first kappa shape index (κ1) is 10.8. The third kappa shape index (κ3) is 2.89. The van der Waals surface area contributed by atoms with Crippen LogP contribution in [0.4, 0.5) is 0 Å². The molecule has 0 radical (unpaired) electrons. The highest BCUT2D eigenvalue weighted by Crippen LogP contribution is 2.28. The van der Waals surface area contributed by atoms with Crippen LogP contribution in [0.2, 0.25) is 0 Å². The fourth-order valence-corrected chi connectivity index (χ4v) is 1.78. The van der Waals surface area contributed by atoms with Crippen molar-refractivity contribution in [1.82, 2.24) is 14.8 Å². The third-order valence-corrected chi connectivity index (χ3v) is 2.97. The molecule has 0 saturated heterocycles. The molecule has 1 aliphatic carbocycles. The average molecular weight is 227 g/mol. The van der Waals surface area contributed by atoms with Crippen molar-refractivity contribution in [2.45, 2.75) is 32.7 Å². The molecular formula is C10H17N3OS. The van der Waals surface area contributed by atoms with Crippen molar-refractivity contribution >= 4 is 12.2 Å². The molecule has 1 fully saturated rings. The second kappa shape index (κ2) is 4.90. The predicted molar refractivity (Wildman–Crippen MR) is 60.3 cm³/mol. The lowest BCUT2D eigenvalue weighted by atomic mass is 10.4. The molecule has 1 aliphatic rings. The summed E-state index contributed by atoms with van der Waals surface area (Å²) in [5.41, 5.74) is 0. The summed E-state index contributed by atoms with van der Waals surface area (Å²) in [6.45, 7) is 4.53. The molecule has 1 heterocycles. The summed E-state index contributed by atoms with van der Waals surface area (Å²) in [5.74, 6) is 1.84. The van der Waals surface area contributed by atoms with Crippen LogP contribution in [0, 0.1) is 10.7 Å². The van der Waals surface area contributed by atoms with E-state index in [0.717, 1.165) is 37.9 Å². The first-order valence-corrected chi connectivity index (χ1v) is 5.94. The molecule has 0 amide bonds. The summed E-state index contributed by atoms with van der Waals surface area (Å²) in [4.78, 5) is 0. The van der Waals surface area contributed by atoms with Crippen LogP contribution in [0.3, 0.4) is 0 Å². The maximum atomic E-state index is 5.58. The zero-order valence-corrected chi connectivity index (χ0v) is 9.85. The average Bonchev–Trinajstić information content (AvgIpc) is 2.99. The molecule has 0 aromatic carbocycles. The molecular weight excluding hydrogens is 210 g/mol. The highest BCUT2D eigenvalue weighted by atomic mass is 32.1. The number of nitrogens with one attached hydrogen (secondary N) is 1. The fourth-order valence-electron chi connectivity index (χ4n) is 1.54. The normalized spacial score (nSPS) is 15.8. The molecule has 15 heavy (non-hydrogen) atoms. The van der Waals surface area contributed by atoms with E-state index < -0.39 is 0 Å². The molecule has 0 atom stereocenters. The van der Waals surface area contributed by atoms with Crippen LogP contribution < -0.4 is 0 Å². The zero-order valence-electron chi connectivity index (χ0n) is 9.03. The summed E-state index contributed by atoms with van der Waals surface area (Å²) in [7, 11) is 0. The van der Waals surface area contributed by atoms with E-state index >= 15 is 0 Å². The second-order valence-electron chi connectivity index (χ2n) is 3.97. The van der Waals surface area contributed by atoms with Crippen LogP contribution in [-0.4, -0.2) is 28.0 Å². The van der Waals surface area contributed by atoms with Crippen molar-refractivity contribution < 1.29 is 4.74 Å². The van der Waals surface area contributed by atoms with E-state index in [-0.39, 0.29) is 0 Å². The quantitative estimate of drug-likeness (QED) is 0.596. The number of aromatic nitrogens is 3. The van der Waals surface area contributed by atoms with Gasteiger partial charge in [0, 0.05) is 19.6 Å². The number of nitrogens with zero attached hydrogens (tertiary/aromatic N) is 2. The zero-order chi connectivity index (χ0) is 10.7. The summed E-state index contributed by atoms with van der Waals surface area (Å²) < 4.78 is 8.29. The van der Waals surface area contributed by atoms with Gasteiger partial charge in [-0.05, 0) is 31.0 Å². The van der Waals surface area contributed by atoms with E-state index in [0.29, 0.717) is 4.77 Å². The van der Waals surface area contributed by atoms with Gasteiger partial charge in [0.1, 0.15) is 5.82 Å². The Morgan fingerprint density at radius 3 is 3.07 bits per heavy atom. The minimum atomic E-state index is 0.696. The summed E-state index contributed by atoms with van der Waals surface area (Å²) in [5, 5.41) is 6.96. The topological polar surface area (TPSA) is 42.8 Å². The van der Waals surface area contributed by atoms with Gasteiger partial charge in [-0.3, -0.25) is 5.10 Å². The van der Waals surface area contributed by atoms with Gasteiger partial charge in [-0.2, -0.15) is 5.10 Å². The summed E-state index contributed by atoms with van der Waals surface area (Å²) >= 11 is 5.14. The molecule has 0 unspecified atom stereocenters. The Hall–Kier alpha value is -0.680. The van der Waals surface area contributed by atoms with Gasteiger partial charge in [0.2, 0.25) is 0 Å². The molecule has 1 saturated carbocycles. The number of rotatable bonds is 6. The molecule has 0 bridgehead atoms. The van der Waals surface area contributed by atoms with Gasteiger partial charge < -0.3 is 9.30 Å². The number of hydrogen-bond acceptors (Lipinski definition) is 3. The smallest absolute Gasteiger partial charge is 0.195 e. The fraction of sp³-hybridized carbons (Fsp3) is 0.800. The van der Waals surface area contributed by atoms with Crippen molar-refractivity contribution in [2.75, 3.05) is 13.2 Å². The molecule has 5 heteroatoms. The van der Waals surface area contributed by atoms with E-state index in [1.165, 1.54) is 12.8 Å². The van der Waals surface area contributed by atoms with Gasteiger partial charge in [-0.25, -0.2) is 0 Å². The SMILES string of the molecule is CCc1n[nH]c(=S)n1CCOCC1CC1. The van der Waals surface area contributed by atoms with E-state index in [4.69, 9.17) is 17.0 Å². The highest BCUT2D eigenvalue weighted by molar-refractivity contribution is 7.71. The van der Waals surface area contributed by atoms with Crippen molar-refractivity contribution in [3.05, 3.63) is 10.6 Å². The Kier molecular flexibility index (Phi) is 3.53. The van der Waals surface area contributed by atoms with E-state index in [1.807, 2.05) is 4.57 Å². The summed E-state index contributed by atoms with van der Waals surface area (Å²) in [6, 6.07) is 0.